The largest absolute Gasteiger partial charge is 0.469 e. The Morgan fingerprint density at radius 1 is 1.18 bits per heavy atom. The second-order valence-electron chi connectivity index (χ2n) is 10.8. The predicted octanol–water partition coefficient (Wildman–Crippen LogP) is 7.33. The zero-order chi connectivity index (χ0) is 27.9. The third-order valence-electron chi connectivity index (χ3n) is 8.01. The molecule has 1 N–H and O–H groups in total. The molecule has 0 saturated heterocycles. The van der Waals surface area contributed by atoms with Crippen molar-refractivity contribution in [2.24, 2.45) is 5.92 Å². The Labute approximate surface area is 235 Å². The van der Waals surface area contributed by atoms with Gasteiger partial charge in [-0.05, 0) is 60.6 Å². The van der Waals surface area contributed by atoms with Crippen LogP contribution in [0.1, 0.15) is 41.7 Å². The van der Waals surface area contributed by atoms with Gasteiger partial charge in [-0.3, -0.25) is 0 Å². The Morgan fingerprint density at radius 2 is 2.00 bits per heavy atom. The normalized spacial score (nSPS) is 22.6. The molecule has 40 heavy (non-hydrogen) atoms. The highest BCUT2D eigenvalue weighted by Gasteiger charge is 2.31. The van der Waals surface area contributed by atoms with Crippen molar-refractivity contribution >= 4 is 32.9 Å². The predicted molar refractivity (Wildman–Crippen MR) is 154 cm³/mol. The Morgan fingerprint density at radius 3 is 2.80 bits per heavy atom. The lowest BCUT2D eigenvalue weighted by Gasteiger charge is -2.26. The first-order valence-corrected chi connectivity index (χ1v) is 14.3. The molecule has 0 bridgehead atoms. The van der Waals surface area contributed by atoms with E-state index < -0.39 is 12.6 Å². The quantitative estimate of drug-likeness (QED) is 0.305. The van der Waals surface area contributed by atoms with E-state index in [-0.39, 0.29) is 16.8 Å². The van der Waals surface area contributed by atoms with Crippen molar-refractivity contribution in [1.82, 2.24) is 15.3 Å². The van der Waals surface area contributed by atoms with E-state index in [2.05, 4.69) is 69.3 Å². The Hall–Kier alpha value is -3.43. The van der Waals surface area contributed by atoms with Crippen LogP contribution in [0.25, 0.3) is 15.8 Å². The third-order valence-corrected chi connectivity index (χ3v) is 9.05. The molecule has 0 radical (unpaired) electrons. The molecule has 1 saturated carbocycles. The fourth-order valence-corrected chi connectivity index (χ4v) is 6.83. The first-order chi connectivity index (χ1) is 19.2. The highest BCUT2D eigenvalue weighted by Crippen LogP contribution is 2.37. The van der Waals surface area contributed by atoms with Crippen molar-refractivity contribution in [3.8, 4) is 0 Å². The number of fused-ring (bicyclic) bond motifs is 2. The number of anilines is 1. The maximum atomic E-state index is 12.9. The molecule has 9 heteroatoms. The number of hydrogen-bond acceptors (Lipinski definition) is 6. The van der Waals surface area contributed by atoms with Crippen molar-refractivity contribution in [2.45, 2.75) is 56.9 Å². The van der Waals surface area contributed by atoms with E-state index in [1.54, 1.807) is 12.3 Å². The summed E-state index contributed by atoms with van der Waals surface area (Å²) < 4.78 is 44.5. The molecule has 2 unspecified atom stereocenters. The third kappa shape index (κ3) is 5.71. The highest BCUT2D eigenvalue weighted by molar-refractivity contribution is 7.18. The number of aromatic nitrogens is 2. The van der Waals surface area contributed by atoms with Gasteiger partial charge in [-0.25, -0.2) is 9.97 Å². The molecule has 1 aliphatic heterocycles. The average Bonchev–Trinajstić information content (AvgIpc) is 3.66. The number of nitrogens with one attached hydrogen (secondary N) is 1. The first-order valence-electron chi connectivity index (χ1n) is 13.5. The maximum absolute atomic E-state index is 12.9. The number of hydrogen-bond donors (Lipinski definition) is 1. The molecule has 0 amide bonds. The van der Waals surface area contributed by atoms with Crippen LogP contribution in [-0.4, -0.2) is 35.3 Å². The number of rotatable bonds is 7. The van der Waals surface area contributed by atoms with Crippen molar-refractivity contribution < 1.29 is 17.9 Å². The van der Waals surface area contributed by atoms with E-state index in [4.69, 9.17) is 4.74 Å². The van der Waals surface area contributed by atoms with Crippen LogP contribution in [0.3, 0.4) is 0 Å². The molecule has 0 spiro atoms. The number of nitrogens with zero attached hydrogens (tertiary/aromatic N) is 3. The Balaban J connectivity index is 1.06. The van der Waals surface area contributed by atoms with Crippen molar-refractivity contribution in [1.29, 1.82) is 0 Å². The summed E-state index contributed by atoms with van der Waals surface area (Å²) in [5.74, 6) is 1.81. The summed E-state index contributed by atoms with van der Waals surface area (Å²) >= 11 is 1.09. The SMILES string of the molecule is C=C1CC=C(c2ccc(CN[C@H]3CCC(N(C)c4ncnc5sc(CC(F)(F)F)cc45)C3)cc2)C=C2OC=CC12. The monoisotopic (exact) mass is 564 g/mol. The molecule has 1 aromatic carbocycles. The molecule has 208 valence electrons. The zero-order valence-corrected chi connectivity index (χ0v) is 23.1. The molecule has 3 aromatic rings. The van der Waals surface area contributed by atoms with Gasteiger partial charge in [0.25, 0.3) is 0 Å². The summed E-state index contributed by atoms with van der Waals surface area (Å²) in [4.78, 5) is 11.6. The van der Waals surface area contributed by atoms with Gasteiger partial charge >= 0.3 is 6.18 Å². The van der Waals surface area contributed by atoms with Crippen LogP contribution < -0.4 is 10.2 Å². The number of halogens is 3. The van der Waals surface area contributed by atoms with Crippen LogP contribution in [0.15, 0.2) is 79.1 Å². The molecule has 1 fully saturated rings. The summed E-state index contributed by atoms with van der Waals surface area (Å²) in [5, 5.41) is 4.39. The molecular weight excluding hydrogens is 533 g/mol. The van der Waals surface area contributed by atoms with Crippen LogP contribution in [0.5, 0.6) is 0 Å². The lowest BCUT2D eigenvalue weighted by atomic mass is 9.98. The molecule has 3 atom stereocenters. The summed E-state index contributed by atoms with van der Waals surface area (Å²) in [6.45, 7) is 4.98. The summed E-state index contributed by atoms with van der Waals surface area (Å²) in [7, 11) is 1.98. The zero-order valence-electron chi connectivity index (χ0n) is 22.2. The minimum atomic E-state index is -4.24. The lowest BCUT2D eigenvalue weighted by Crippen LogP contribution is -2.33. The van der Waals surface area contributed by atoms with Gasteiger partial charge in [-0.1, -0.05) is 42.5 Å². The highest BCUT2D eigenvalue weighted by atomic mass is 32.1. The molecular formula is C31H31F3N4OS. The summed E-state index contributed by atoms with van der Waals surface area (Å²) in [5.41, 5.74) is 4.67. The number of alkyl halides is 3. The molecule has 3 aliphatic rings. The standard InChI is InChI=1S/C31H31F3N4OS/c1-19-3-6-22(13-28-26(19)11-12-39-28)21-7-4-20(5-8-21)17-35-23-9-10-24(14-23)38(2)29-27-15-25(16-31(32,33)34)40-30(27)37-18-36-29/h4-8,11-13,15,18,23-24,26,35H,1,3,9-10,14,16-17H2,2H3/t23-,24?,26?/m0/s1. The molecule has 5 nitrogen and oxygen atoms in total. The maximum Gasteiger partial charge on any atom is 0.393 e. The van der Waals surface area contributed by atoms with E-state index in [9.17, 15) is 13.2 Å². The minimum absolute atomic E-state index is 0.170. The number of ether oxygens (including phenoxy) is 1. The Kier molecular flexibility index (Phi) is 7.27. The van der Waals surface area contributed by atoms with Crippen LogP contribution in [-0.2, 0) is 17.7 Å². The van der Waals surface area contributed by atoms with E-state index >= 15 is 0 Å². The van der Waals surface area contributed by atoms with Gasteiger partial charge in [0.1, 0.15) is 22.7 Å². The van der Waals surface area contributed by atoms with Crippen molar-refractivity contribution in [3.05, 3.63) is 95.1 Å². The average molecular weight is 565 g/mol. The topological polar surface area (TPSA) is 50.3 Å². The molecule has 6 rings (SSSR count). The fraction of sp³-hybridized carbons (Fsp3) is 0.355. The summed E-state index contributed by atoms with van der Waals surface area (Å²) in [6, 6.07) is 10.9. The number of allylic oxidation sites excluding steroid dienone is 4. The molecule has 2 aliphatic carbocycles. The van der Waals surface area contributed by atoms with Gasteiger partial charge in [0.15, 0.2) is 0 Å². The van der Waals surface area contributed by atoms with Gasteiger partial charge in [0.05, 0.1) is 24.0 Å². The second kappa shape index (κ2) is 10.9. The summed E-state index contributed by atoms with van der Waals surface area (Å²) in [6.07, 6.45) is 8.19. The van der Waals surface area contributed by atoms with E-state index in [0.29, 0.717) is 22.1 Å². The molecule has 3 heterocycles. The van der Waals surface area contributed by atoms with Crippen LogP contribution in [0.4, 0.5) is 19.0 Å². The smallest absolute Gasteiger partial charge is 0.393 e. The fourth-order valence-electron chi connectivity index (χ4n) is 5.81. The lowest BCUT2D eigenvalue weighted by molar-refractivity contribution is -0.126. The molecule has 2 aromatic heterocycles. The van der Waals surface area contributed by atoms with Crippen LogP contribution >= 0.6 is 11.3 Å². The second-order valence-corrected chi connectivity index (χ2v) is 11.9. The van der Waals surface area contributed by atoms with Crippen molar-refractivity contribution in [2.75, 3.05) is 11.9 Å². The van der Waals surface area contributed by atoms with Crippen LogP contribution in [0.2, 0.25) is 0 Å². The number of benzene rings is 1. The van der Waals surface area contributed by atoms with Gasteiger partial charge in [0.2, 0.25) is 0 Å². The van der Waals surface area contributed by atoms with Gasteiger partial charge in [-0.15, -0.1) is 11.3 Å². The van der Waals surface area contributed by atoms with E-state index in [1.807, 2.05) is 7.05 Å². The minimum Gasteiger partial charge on any atom is -0.469 e. The number of thiophene rings is 1. The van der Waals surface area contributed by atoms with E-state index in [1.165, 1.54) is 11.9 Å². The van der Waals surface area contributed by atoms with Gasteiger partial charge in [-0.2, -0.15) is 13.2 Å². The Bertz CT molecular complexity index is 1510. The van der Waals surface area contributed by atoms with Crippen molar-refractivity contribution in [3.63, 3.8) is 0 Å². The first kappa shape index (κ1) is 26.8. The van der Waals surface area contributed by atoms with Gasteiger partial charge < -0.3 is 15.0 Å². The van der Waals surface area contributed by atoms with Crippen LogP contribution in [0, 0.1) is 5.92 Å². The van der Waals surface area contributed by atoms with Gasteiger partial charge in [0, 0.05) is 30.6 Å². The van der Waals surface area contributed by atoms with E-state index in [0.717, 1.165) is 66.0 Å².